The monoisotopic (exact) mass is 195 g/mol. The summed E-state index contributed by atoms with van der Waals surface area (Å²) in [5.41, 5.74) is 0. The van der Waals surface area contributed by atoms with Crippen LogP contribution in [0.4, 0.5) is 0 Å². The minimum Gasteiger partial charge on any atom is -0.385 e. The highest BCUT2D eigenvalue weighted by Gasteiger charge is 2.01. The molecule has 1 rings (SSSR count). The van der Waals surface area contributed by atoms with Crippen molar-refractivity contribution in [3.8, 4) is 0 Å². The minimum atomic E-state index is 0.429. The lowest BCUT2D eigenvalue weighted by atomic mass is 10.2. The van der Waals surface area contributed by atoms with Crippen LogP contribution in [0.2, 0.25) is 0 Å². The van der Waals surface area contributed by atoms with E-state index in [1.807, 2.05) is 6.07 Å². The van der Waals surface area contributed by atoms with Crippen LogP contribution in [-0.2, 0) is 11.3 Å². The van der Waals surface area contributed by atoms with Gasteiger partial charge in [0.2, 0.25) is 0 Å². The molecule has 0 spiro atoms. The van der Waals surface area contributed by atoms with Crippen molar-refractivity contribution in [3.05, 3.63) is 24.3 Å². The summed E-state index contributed by atoms with van der Waals surface area (Å²) >= 11 is 0. The third-order valence-corrected chi connectivity index (χ3v) is 1.98. The van der Waals surface area contributed by atoms with E-state index in [2.05, 4.69) is 22.2 Å². The number of hydrogen-bond acceptors (Lipinski definition) is 4. The number of rotatable bonds is 6. The third-order valence-electron chi connectivity index (χ3n) is 1.98. The Bertz CT molecular complexity index is 240. The van der Waals surface area contributed by atoms with Crippen molar-refractivity contribution in [3.63, 3.8) is 0 Å². The smallest absolute Gasteiger partial charge is 0.141 e. The summed E-state index contributed by atoms with van der Waals surface area (Å²) < 4.78 is 4.99. The molecule has 0 saturated carbocycles. The number of aromatic nitrogens is 2. The highest BCUT2D eigenvalue weighted by Crippen LogP contribution is 1.93. The molecule has 1 N–H and O–H groups in total. The predicted molar refractivity (Wildman–Crippen MR) is 54.8 cm³/mol. The molecule has 1 atom stereocenters. The summed E-state index contributed by atoms with van der Waals surface area (Å²) in [5, 5.41) is 3.33. The molecule has 0 fully saturated rings. The van der Waals surface area contributed by atoms with Crippen molar-refractivity contribution in [1.82, 2.24) is 15.3 Å². The topological polar surface area (TPSA) is 47.0 Å². The van der Waals surface area contributed by atoms with E-state index >= 15 is 0 Å². The lowest BCUT2D eigenvalue weighted by molar-refractivity contribution is 0.184. The fourth-order valence-corrected chi connectivity index (χ4v) is 1.08. The molecule has 0 bridgehead atoms. The lowest BCUT2D eigenvalue weighted by Gasteiger charge is -2.11. The zero-order valence-electron chi connectivity index (χ0n) is 8.73. The van der Waals surface area contributed by atoms with Gasteiger partial charge in [0.25, 0.3) is 0 Å². The number of nitrogens with zero attached hydrogens (tertiary/aromatic N) is 2. The van der Waals surface area contributed by atoms with Crippen molar-refractivity contribution < 1.29 is 4.74 Å². The Hall–Kier alpha value is -1.00. The first-order valence-electron chi connectivity index (χ1n) is 4.81. The number of hydrogen-bond donors (Lipinski definition) is 1. The van der Waals surface area contributed by atoms with E-state index in [0.29, 0.717) is 12.6 Å². The van der Waals surface area contributed by atoms with Crippen LogP contribution in [0.3, 0.4) is 0 Å². The number of ether oxygens (including phenoxy) is 1. The summed E-state index contributed by atoms with van der Waals surface area (Å²) in [6.07, 6.45) is 4.51. The Balaban J connectivity index is 2.20. The van der Waals surface area contributed by atoms with E-state index in [1.54, 1.807) is 19.5 Å². The first-order chi connectivity index (χ1) is 6.83. The maximum absolute atomic E-state index is 4.99. The molecule has 1 unspecified atom stereocenters. The lowest BCUT2D eigenvalue weighted by Crippen LogP contribution is -2.27. The zero-order valence-corrected chi connectivity index (χ0v) is 8.73. The number of nitrogens with one attached hydrogen (secondary N) is 1. The molecule has 4 heteroatoms. The van der Waals surface area contributed by atoms with E-state index in [9.17, 15) is 0 Å². The Morgan fingerprint density at radius 1 is 1.43 bits per heavy atom. The molecule has 1 aromatic heterocycles. The summed E-state index contributed by atoms with van der Waals surface area (Å²) in [6, 6.07) is 2.25. The van der Waals surface area contributed by atoms with E-state index in [0.717, 1.165) is 18.9 Å². The molecular weight excluding hydrogens is 178 g/mol. The zero-order chi connectivity index (χ0) is 10.2. The van der Waals surface area contributed by atoms with E-state index < -0.39 is 0 Å². The van der Waals surface area contributed by atoms with Crippen LogP contribution in [0.5, 0.6) is 0 Å². The fraction of sp³-hybridized carbons (Fsp3) is 0.600. The molecule has 0 aliphatic carbocycles. The molecular formula is C10H17N3O. The van der Waals surface area contributed by atoms with Crippen LogP contribution in [0.15, 0.2) is 18.5 Å². The SMILES string of the molecule is COCCC(C)NCc1ncccn1. The second-order valence-electron chi connectivity index (χ2n) is 3.23. The van der Waals surface area contributed by atoms with Crippen LogP contribution in [-0.4, -0.2) is 29.7 Å². The van der Waals surface area contributed by atoms with Gasteiger partial charge in [0.1, 0.15) is 5.82 Å². The Morgan fingerprint density at radius 3 is 2.79 bits per heavy atom. The van der Waals surface area contributed by atoms with Crippen molar-refractivity contribution in [2.75, 3.05) is 13.7 Å². The highest BCUT2D eigenvalue weighted by atomic mass is 16.5. The van der Waals surface area contributed by atoms with Gasteiger partial charge >= 0.3 is 0 Å². The van der Waals surface area contributed by atoms with Gasteiger partial charge in [-0.3, -0.25) is 0 Å². The van der Waals surface area contributed by atoms with Crippen molar-refractivity contribution in [2.45, 2.75) is 25.9 Å². The largest absolute Gasteiger partial charge is 0.385 e. The summed E-state index contributed by atoms with van der Waals surface area (Å²) in [5.74, 6) is 0.830. The van der Waals surface area contributed by atoms with Crippen LogP contribution in [0.25, 0.3) is 0 Å². The van der Waals surface area contributed by atoms with Gasteiger partial charge in [-0.1, -0.05) is 0 Å². The molecule has 78 valence electrons. The highest BCUT2D eigenvalue weighted by molar-refractivity contribution is 4.88. The minimum absolute atomic E-state index is 0.429. The average molecular weight is 195 g/mol. The molecule has 1 heterocycles. The molecule has 0 aromatic carbocycles. The summed E-state index contributed by atoms with van der Waals surface area (Å²) in [4.78, 5) is 8.25. The first-order valence-corrected chi connectivity index (χ1v) is 4.81. The molecule has 0 radical (unpaired) electrons. The summed E-state index contributed by atoms with van der Waals surface area (Å²) in [7, 11) is 1.72. The van der Waals surface area contributed by atoms with Gasteiger partial charge in [-0.25, -0.2) is 9.97 Å². The number of methoxy groups -OCH3 is 1. The fourth-order valence-electron chi connectivity index (χ4n) is 1.08. The maximum Gasteiger partial charge on any atom is 0.141 e. The third kappa shape index (κ3) is 4.30. The molecule has 0 aliphatic rings. The molecule has 4 nitrogen and oxygen atoms in total. The van der Waals surface area contributed by atoms with Crippen LogP contribution < -0.4 is 5.32 Å². The molecule has 0 amide bonds. The Labute approximate surface area is 84.7 Å². The predicted octanol–water partition coefficient (Wildman–Crippen LogP) is 0.991. The van der Waals surface area contributed by atoms with Gasteiger partial charge in [0.05, 0.1) is 6.54 Å². The van der Waals surface area contributed by atoms with Gasteiger partial charge < -0.3 is 10.1 Å². The maximum atomic E-state index is 4.99. The van der Waals surface area contributed by atoms with Gasteiger partial charge in [0, 0.05) is 32.2 Å². The van der Waals surface area contributed by atoms with E-state index in [4.69, 9.17) is 4.74 Å². The summed E-state index contributed by atoms with van der Waals surface area (Å²) in [6.45, 7) is 3.62. The first kappa shape index (κ1) is 11.1. The van der Waals surface area contributed by atoms with E-state index in [-0.39, 0.29) is 0 Å². The second kappa shape index (κ2) is 6.45. The Kier molecular flexibility index (Phi) is 5.11. The quantitative estimate of drug-likeness (QED) is 0.735. The van der Waals surface area contributed by atoms with Gasteiger partial charge in [0.15, 0.2) is 0 Å². The van der Waals surface area contributed by atoms with Gasteiger partial charge in [-0.2, -0.15) is 0 Å². The normalized spacial score (nSPS) is 12.7. The Morgan fingerprint density at radius 2 is 2.14 bits per heavy atom. The molecule has 0 aliphatic heterocycles. The van der Waals surface area contributed by atoms with Crippen LogP contribution >= 0.6 is 0 Å². The van der Waals surface area contributed by atoms with Crippen molar-refractivity contribution in [2.24, 2.45) is 0 Å². The van der Waals surface area contributed by atoms with Crippen LogP contribution in [0.1, 0.15) is 19.2 Å². The standard InChI is InChI=1S/C10H17N3O/c1-9(4-7-14-2)13-8-10-11-5-3-6-12-10/h3,5-6,9,13H,4,7-8H2,1-2H3. The molecule has 14 heavy (non-hydrogen) atoms. The van der Waals surface area contributed by atoms with Crippen molar-refractivity contribution in [1.29, 1.82) is 0 Å². The van der Waals surface area contributed by atoms with Gasteiger partial charge in [-0.15, -0.1) is 0 Å². The average Bonchev–Trinajstić information content (AvgIpc) is 2.25. The van der Waals surface area contributed by atoms with E-state index in [1.165, 1.54) is 0 Å². The molecule has 1 aromatic rings. The van der Waals surface area contributed by atoms with Crippen molar-refractivity contribution >= 4 is 0 Å². The molecule has 0 saturated heterocycles. The van der Waals surface area contributed by atoms with Gasteiger partial charge in [-0.05, 0) is 19.4 Å². The van der Waals surface area contributed by atoms with Crippen LogP contribution in [0, 0.1) is 0 Å². The second-order valence-corrected chi connectivity index (χ2v) is 3.23.